The van der Waals surface area contributed by atoms with Crippen LogP contribution in [0.3, 0.4) is 0 Å². The van der Waals surface area contributed by atoms with Crippen LogP contribution in [-0.4, -0.2) is 6.18 Å². The van der Waals surface area contributed by atoms with Crippen molar-refractivity contribution in [3.05, 3.63) is 35.1 Å². The summed E-state index contributed by atoms with van der Waals surface area (Å²) in [4.78, 5) is 0. The zero-order chi connectivity index (χ0) is 14.1. The maximum atomic E-state index is 12.9. The zero-order valence-electron chi connectivity index (χ0n) is 8.74. The number of halogens is 7. The summed E-state index contributed by atoms with van der Waals surface area (Å²) < 4.78 is 86.0. The van der Waals surface area contributed by atoms with Crippen LogP contribution in [0.5, 0.6) is 0 Å². The van der Waals surface area contributed by atoms with Gasteiger partial charge in [0.2, 0.25) is 0 Å². The van der Waals surface area contributed by atoms with E-state index in [0.717, 1.165) is 6.07 Å². The Kier molecular flexibility index (Phi) is 3.89. The van der Waals surface area contributed by atoms with Crippen LogP contribution in [0, 0.1) is 5.82 Å². The highest BCUT2D eigenvalue weighted by molar-refractivity contribution is 5.29. The Morgan fingerprint density at radius 3 is 2.06 bits per heavy atom. The van der Waals surface area contributed by atoms with Crippen LogP contribution in [0.4, 0.5) is 30.7 Å². The first-order chi connectivity index (χ1) is 8.00. The van der Waals surface area contributed by atoms with Crippen molar-refractivity contribution in [2.75, 3.05) is 0 Å². The summed E-state index contributed by atoms with van der Waals surface area (Å²) in [7, 11) is 0. The van der Waals surface area contributed by atoms with Gasteiger partial charge in [0.1, 0.15) is 5.82 Å². The second kappa shape index (κ2) is 4.75. The van der Waals surface area contributed by atoms with Crippen molar-refractivity contribution in [3.63, 3.8) is 0 Å². The van der Waals surface area contributed by atoms with Gasteiger partial charge in [-0.15, -0.1) is 0 Å². The molecule has 0 spiro atoms. The fourth-order valence-electron chi connectivity index (χ4n) is 1.36. The van der Waals surface area contributed by atoms with Crippen molar-refractivity contribution in [3.8, 4) is 0 Å². The average molecular weight is 275 g/mol. The van der Waals surface area contributed by atoms with Gasteiger partial charge in [-0.3, -0.25) is 0 Å². The molecule has 0 radical (unpaired) electrons. The van der Waals surface area contributed by atoms with E-state index >= 15 is 0 Å². The Bertz CT molecular complexity index is 421. The predicted octanol–water partition coefficient (Wildman–Crippen LogP) is 3.80. The van der Waals surface area contributed by atoms with Gasteiger partial charge in [0.25, 0.3) is 0 Å². The molecular formula is C10H8F7N. The van der Waals surface area contributed by atoms with Gasteiger partial charge < -0.3 is 5.73 Å². The van der Waals surface area contributed by atoms with Gasteiger partial charge >= 0.3 is 12.4 Å². The molecule has 1 nitrogen and oxygen atoms in total. The molecule has 1 aromatic carbocycles. The lowest BCUT2D eigenvalue weighted by atomic mass is 10.0. The highest BCUT2D eigenvalue weighted by Gasteiger charge is 2.36. The Balaban J connectivity index is 3.06. The summed E-state index contributed by atoms with van der Waals surface area (Å²) >= 11 is 0. The number of rotatable bonds is 2. The third kappa shape index (κ3) is 3.86. The van der Waals surface area contributed by atoms with Crippen molar-refractivity contribution >= 4 is 0 Å². The Hall–Kier alpha value is -1.31. The molecule has 0 aliphatic rings. The number of nitrogens with two attached hydrogens (primary N) is 1. The first-order valence-electron chi connectivity index (χ1n) is 4.69. The lowest BCUT2D eigenvalue weighted by Crippen LogP contribution is -2.21. The molecule has 102 valence electrons. The SMILES string of the molecule is N[C@H](CC(F)(F)F)c1ccc(F)c(C(F)(F)F)c1. The van der Waals surface area contributed by atoms with E-state index in [0.29, 0.717) is 12.1 Å². The van der Waals surface area contributed by atoms with Crippen molar-refractivity contribution in [2.45, 2.75) is 24.8 Å². The summed E-state index contributed by atoms with van der Waals surface area (Å²) in [5.74, 6) is -1.55. The van der Waals surface area contributed by atoms with Crippen LogP contribution < -0.4 is 5.73 Å². The second-order valence-electron chi connectivity index (χ2n) is 3.66. The van der Waals surface area contributed by atoms with E-state index in [2.05, 4.69) is 0 Å². The molecule has 1 rings (SSSR count). The molecule has 0 amide bonds. The molecule has 2 N–H and O–H groups in total. The highest BCUT2D eigenvalue weighted by atomic mass is 19.4. The normalized spacial score (nSPS) is 14.7. The van der Waals surface area contributed by atoms with Crippen LogP contribution in [0.15, 0.2) is 18.2 Å². The molecule has 1 aromatic rings. The smallest absolute Gasteiger partial charge is 0.324 e. The minimum atomic E-state index is -4.97. The zero-order valence-corrected chi connectivity index (χ0v) is 8.74. The van der Waals surface area contributed by atoms with E-state index in [9.17, 15) is 30.7 Å². The molecule has 8 heteroatoms. The Morgan fingerprint density at radius 1 is 1.06 bits per heavy atom. The molecule has 0 aliphatic carbocycles. The molecule has 0 saturated heterocycles. The third-order valence-corrected chi connectivity index (χ3v) is 2.18. The van der Waals surface area contributed by atoms with E-state index in [4.69, 9.17) is 5.73 Å². The van der Waals surface area contributed by atoms with Crippen molar-refractivity contribution in [1.29, 1.82) is 0 Å². The summed E-state index contributed by atoms with van der Waals surface area (Å²) in [6.45, 7) is 0. The maximum Gasteiger partial charge on any atom is 0.419 e. The molecule has 18 heavy (non-hydrogen) atoms. The van der Waals surface area contributed by atoms with Gasteiger partial charge in [0.05, 0.1) is 12.0 Å². The number of hydrogen-bond donors (Lipinski definition) is 1. The first-order valence-corrected chi connectivity index (χ1v) is 4.69. The van der Waals surface area contributed by atoms with Crippen molar-refractivity contribution in [1.82, 2.24) is 0 Å². The second-order valence-corrected chi connectivity index (χ2v) is 3.66. The number of benzene rings is 1. The highest BCUT2D eigenvalue weighted by Crippen LogP contribution is 2.34. The predicted molar refractivity (Wildman–Crippen MR) is 49.0 cm³/mol. The fraction of sp³-hybridized carbons (Fsp3) is 0.400. The summed E-state index contributed by atoms with van der Waals surface area (Å²) in [5, 5.41) is 0. The maximum absolute atomic E-state index is 12.9. The largest absolute Gasteiger partial charge is 0.419 e. The molecular weight excluding hydrogens is 267 g/mol. The van der Waals surface area contributed by atoms with Gasteiger partial charge in [0.15, 0.2) is 0 Å². The summed E-state index contributed by atoms with van der Waals surface area (Å²) in [6.07, 6.45) is -11.1. The monoisotopic (exact) mass is 275 g/mol. The molecule has 1 atom stereocenters. The van der Waals surface area contributed by atoms with Gasteiger partial charge in [0, 0.05) is 6.04 Å². The number of hydrogen-bond acceptors (Lipinski definition) is 1. The molecule has 0 aliphatic heterocycles. The molecule has 0 bridgehead atoms. The molecule has 0 fully saturated rings. The fourth-order valence-corrected chi connectivity index (χ4v) is 1.36. The van der Waals surface area contributed by atoms with Crippen LogP contribution in [0.1, 0.15) is 23.6 Å². The van der Waals surface area contributed by atoms with Gasteiger partial charge in [-0.05, 0) is 17.7 Å². The van der Waals surface area contributed by atoms with E-state index < -0.39 is 41.8 Å². The third-order valence-electron chi connectivity index (χ3n) is 2.18. The van der Waals surface area contributed by atoms with Gasteiger partial charge in [-0.2, -0.15) is 26.3 Å². The van der Waals surface area contributed by atoms with Crippen LogP contribution in [-0.2, 0) is 6.18 Å². The topological polar surface area (TPSA) is 26.0 Å². The Labute approximate surface area is 97.4 Å². The van der Waals surface area contributed by atoms with Crippen LogP contribution >= 0.6 is 0 Å². The lowest BCUT2D eigenvalue weighted by Gasteiger charge is -2.16. The summed E-state index contributed by atoms with van der Waals surface area (Å²) in [6, 6.07) is -0.104. The van der Waals surface area contributed by atoms with Gasteiger partial charge in [-0.25, -0.2) is 4.39 Å². The molecule has 0 aromatic heterocycles. The first kappa shape index (κ1) is 14.7. The molecule has 0 unspecified atom stereocenters. The minimum absolute atomic E-state index is 0.297. The van der Waals surface area contributed by atoms with E-state index in [1.807, 2.05) is 0 Å². The lowest BCUT2D eigenvalue weighted by molar-refractivity contribution is -0.140. The summed E-state index contributed by atoms with van der Waals surface area (Å²) in [5.41, 5.74) is 3.09. The van der Waals surface area contributed by atoms with Crippen LogP contribution in [0.2, 0.25) is 0 Å². The van der Waals surface area contributed by atoms with E-state index in [1.54, 1.807) is 0 Å². The minimum Gasteiger partial charge on any atom is -0.324 e. The standard InChI is InChI=1S/C10H8F7N/c11-7-2-1-5(3-6(7)10(15,16)17)8(18)4-9(12,13)14/h1-3,8H,4,18H2/t8-/m1/s1. The molecule has 0 saturated carbocycles. The molecule has 0 heterocycles. The number of alkyl halides is 6. The van der Waals surface area contributed by atoms with Crippen molar-refractivity contribution < 1.29 is 30.7 Å². The van der Waals surface area contributed by atoms with Gasteiger partial charge in [-0.1, -0.05) is 6.07 Å². The van der Waals surface area contributed by atoms with Crippen LogP contribution in [0.25, 0.3) is 0 Å². The quantitative estimate of drug-likeness (QED) is 0.816. The Morgan fingerprint density at radius 2 is 1.61 bits per heavy atom. The van der Waals surface area contributed by atoms with Crippen molar-refractivity contribution in [2.24, 2.45) is 5.73 Å². The average Bonchev–Trinajstić information content (AvgIpc) is 2.13. The van der Waals surface area contributed by atoms with E-state index in [-0.39, 0.29) is 0 Å². The van der Waals surface area contributed by atoms with E-state index in [1.165, 1.54) is 0 Å².